The van der Waals surface area contributed by atoms with Crippen LogP contribution in [0.5, 0.6) is 0 Å². The highest BCUT2D eigenvalue weighted by atomic mass is 32.2. The van der Waals surface area contributed by atoms with E-state index in [1.807, 2.05) is 0 Å². The molecule has 1 aromatic rings. The number of hydrogen-bond donors (Lipinski definition) is 3. The van der Waals surface area contributed by atoms with Crippen LogP contribution in [0.1, 0.15) is 0 Å². The molecule has 0 aliphatic heterocycles. The van der Waals surface area contributed by atoms with Crippen LogP contribution in [0.15, 0.2) is 29.2 Å². The first kappa shape index (κ1) is 13.0. The maximum atomic E-state index is 13.2. The molecule has 1 atom stereocenters. The molecule has 0 bridgehead atoms. The topological polar surface area (TPSA) is 92.4 Å². The lowest BCUT2D eigenvalue weighted by Gasteiger charge is -2.10. The molecular formula is C9H13FN2O3S. The molecule has 90 valence electrons. The molecule has 0 saturated heterocycles. The van der Waals surface area contributed by atoms with E-state index in [0.29, 0.717) is 0 Å². The summed E-state index contributed by atoms with van der Waals surface area (Å²) in [5.41, 5.74) is 5.11. The number of benzene rings is 1. The average molecular weight is 248 g/mol. The molecule has 1 rings (SSSR count). The van der Waals surface area contributed by atoms with E-state index in [2.05, 4.69) is 4.72 Å². The summed E-state index contributed by atoms with van der Waals surface area (Å²) < 4.78 is 38.4. The zero-order valence-corrected chi connectivity index (χ0v) is 9.24. The van der Waals surface area contributed by atoms with Gasteiger partial charge in [0.2, 0.25) is 10.0 Å². The van der Waals surface area contributed by atoms with Crippen LogP contribution in [0.25, 0.3) is 0 Å². The van der Waals surface area contributed by atoms with Crippen LogP contribution in [0, 0.1) is 5.82 Å². The number of halogens is 1. The molecule has 0 aromatic heterocycles. The van der Waals surface area contributed by atoms with Gasteiger partial charge in [-0.25, -0.2) is 17.5 Å². The second-order valence-electron chi connectivity index (χ2n) is 3.17. The molecule has 4 N–H and O–H groups in total. The maximum Gasteiger partial charge on any atom is 0.243 e. The van der Waals surface area contributed by atoms with Gasteiger partial charge in [-0.2, -0.15) is 0 Å². The number of sulfonamides is 1. The summed E-state index contributed by atoms with van der Waals surface area (Å²) in [6.45, 7) is -0.313. The van der Waals surface area contributed by atoms with Gasteiger partial charge in [0.15, 0.2) is 0 Å². The van der Waals surface area contributed by atoms with E-state index in [4.69, 9.17) is 10.8 Å². The summed E-state index contributed by atoms with van der Waals surface area (Å²) in [5, 5.41) is 9.09. The molecule has 0 radical (unpaired) electrons. The molecule has 16 heavy (non-hydrogen) atoms. The molecule has 0 aliphatic carbocycles. The Hall–Kier alpha value is -1.02. The number of hydrogen-bond acceptors (Lipinski definition) is 4. The quantitative estimate of drug-likeness (QED) is 0.650. The normalized spacial score (nSPS) is 13.7. The zero-order chi connectivity index (χ0) is 12.2. The molecule has 7 heteroatoms. The maximum absolute atomic E-state index is 13.2. The monoisotopic (exact) mass is 248 g/mol. The summed E-state index contributed by atoms with van der Waals surface area (Å²) in [6.07, 6.45) is -0.985. The number of nitrogens with one attached hydrogen (secondary N) is 1. The minimum absolute atomic E-state index is 0.0697. The molecule has 0 spiro atoms. The van der Waals surface area contributed by atoms with Crippen molar-refractivity contribution in [1.82, 2.24) is 4.72 Å². The van der Waals surface area contributed by atoms with Crippen molar-refractivity contribution >= 4 is 10.0 Å². The van der Waals surface area contributed by atoms with Gasteiger partial charge in [-0.15, -0.1) is 0 Å². The summed E-state index contributed by atoms with van der Waals surface area (Å²) in [5.74, 6) is -0.836. The Kier molecular flexibility index (Phi) is 4.36. The molecule has 5 nitrogen and oxygen atoms in total. The van der Waals surface area contributed by atoms with Crippen LogP contribution in [-0.4, -0.2) is 32.7 Å². The van der Waals surface area contributed by atoms with Gasteiger partial charge in [-0.1, -0.05) is 12.1 Å². The molecular weight excluding hydrogens is 235 g/mol. The van der Waals surface area contributed by atoms with Crippen molar-refractivity contribution in [3.63, 3.8) is 0 Å². The Bertz CT molecular complexity index is 450. The predicted molar refractivity (Wildman–Crippen MR) is 56.6 cm³/mol. The van der Waals surface area contributed by atoms with Crippen molar-refractivity contribution < 1.29 is 17.9 Å². The van der Waals surface area contributed by atoms with Gasteiger partial charge < -0.3 is 10.8 Å². The summed E-state index contributed by atoms with van der Waals surface area (Å²) in [6, 6.07) is 5.00. The second kappa shape index (κ2) is 5.35. The first-order chi connectivity index (χ1) is 7.47. The highest BCUT2D eigenvalue weighted by molar-refractivity contribution is 7.89. The van der Waals surface area contributed by atoms with Crippen molar-refractivity contribution in [2.24, 2.45) is 5.73 Å². The minimum Gasteiger partial charge on any atom is -0.390 e. The number of aliphatic hydroxyl groups is 1. The summed E-state index contributed by atoms with van der Waals surface area (Å²) >= 11 is 0. The van der Waals surface area contributed by atoms with E-state index in [1.165, 1.54) is 12.1 Å². The van der Waals surface area contributed by atoms with Gasteiger partial charge in [0, 0.05) is 13.1 Å². The van der Waals surface area contributed by atoms with Crippen molar-refractivity contribution in [1.29, 1.82) is 0 Å². The van der Waals surface area contributed by atoms with E-state index >= 15 is 0 Å². The van der Waals surface area contributed by atoms with Crippen molar-refractivity contribution in [2.75, 3.05) is 13.1 Å². The molecule has 0 heterocycles. The Morgan fingerprint density at radius 3 is 2.62 bits per heavy atom. The Morgan fingerprint density at radius 1 is 1.44 bits per heavy atom. The minimum atomic E-state index is -3.94. The molecule has 0 amide bonds. The standard InChI is InChI=1S/C9H13FN2O3S/c10-8-3-1-2-4-9(8)16(14,15)12-6-7(13)5-11/h1-4,7,12-13H,5-6,11H2/t7-/m0/s1. The SMILES string of the molecule is NC[C@H](O)CNS(=O)(=O)c1ccccc1F. The van der Waals surface area contributed by atoms with E-state index in [1.54, 1.807) is 0 Å². The first-order valence-electron chi connectivity index (χ1n) is 4.59. The van der Waals surface area contributed by atoms with Crippen LogP contribution >= 0.6 is 0 Å². The largest absolute Gasteiger partial charge is 0.390 e. The fraction of sp³-hybridized carbons (Fsp3) is 0.333. The highest BCUT2D eigenvalue weighted by Gasteiger charge is 2.18. The molecule has 0 saturated carbocycles. The Labute approximate surface area is 93.1 Å². The van der Waals surface area contributed by atoms with Crippen molar-refractivity contribution in [2.45, 2.75) is 11.0 Å². The number of rotatable bonds is 5. The summed E-state index contributed by atoms with van der Waals surface area (Å²) in [7, 11) is -3.94. The predicted octanol–water partition coefficient (Wildman–Crippen LogP) is -0.576. The molecule has 0 fully saturated rings. The second-order valence-corrected chi connectivity index (χ2v) is 4.91. The van der Waals surface area contributed by atoms with Crippen LogP contribution in [-0.2, 0) is 10.0 Å². The third-order valence-corrected chi connectivity index (χ3v) is 3.36. The van der Waals surface area contributed by atoms with Gasteiger partial charge in [-0.05, 0) is 12.1 Å². The highest BCUT2D eigenvalue weighted by Crippen LogP contribution is 2.12. The van der Waals surface area contributed by atoms with Crippen LogP contribution in [0.3, 0.4) is 0 Å². The van der Waals surface area contributed by atoms with Crippen LogP contribution < -0.4 is 10.5 Å². The third-order valence-electron chi connectivity index (χ3n) is 1.91. The van der Waals surface area contributed by atoms with Crippen LogP contribution in [0.4, 0.5) is 4.39 Å². The van der Waals surface area contributed by atoms with Crippen LogP contribution in [0.2, 0.25) is 0 Å². The first-order valence-corrected chi connectivity index (χ1v) is 6.08. The van der Waals surface area contributed by atoms with Gasteiger partial charge in [0.05, 0.1) is 6.10 Å². The van der Waals surface area contributed by atoms with Gasteiger partial charge in [-0.3, -0.25) is 0 Å². The van der Waals surface area contributed by atoms with E-state index in [-0.39, 0.29) is 13.1 Å². The van der Waals surface area contributed by atoms with E-state index in [9.17, 15) is 12.8 Å². The number of nitrogens with two attached hydrogens (primary N) is 1. The molecule has 0 unspecified atom stereocenters. The lowest BCUT2D eigenvalue weighted by molar-refractivity contribution is 0.186. The molecule has 1 aromatic carbocycles. The van der Waals surface area contributed by atoms with E-state index in [0.717, 1.165) is 12.1 Å². The van der Waals surface area contributed by atoms with Gasteiger partial charge in [0.25, 0.3) is 0 Å². The molecule has 0 aliphatic rings. The zero-order valence-electron chi connectivity index (χ0n) is 8.43. The third kappa shape index (κ3) is 3.24. The average Bonchev–Trinajstić information content (AvgIpc) is 2.26. The van der Waals surface area contributed by atoms with E-state index < -0.39 is 26.8 Å². The smallest absolute Gasteiger partial charge is 0.243 e. The summed E-state index contributed by atoms with van der Waals surface area (Å²) in [4.78, 5) is -0.445. The number of aliphatic hydroxyl groups excluding tert-OH is 1. The lowest BCUT2D eigenvalue weighted by Crippen LogP contribution is -2.36. The van der Waals surface area contributed by atoms with Crippen molar-refractivity contribution in [3.05, 3.63) is 30.1 Å². The fourth-order valence-electron chi connectivity index (χ4n) is 1.03. The Morgan fingerprint density at radius 2 is 2.06 bits per heavy atom. The van der Waals surface area contributed by atoms with Gasteiger partial charge in [0.1, 0.15) is 10.7 Å². The lowest BCUT2D eigenvalue weighted by atomic mass is 10.3. The van der Waals surface area contributed by atoms with Gasteiger partial charge >= 0.3 is 0 Å². The van der Waals surface area contributed by atoms with Crippen molar-refractivity contribution in [3.8, 4) is 0 Å². The Balaban J connectivity index is 2.83. The fourth-order valence-corrected chi connectivity index (χ4v) is 2.18.